The zero-order chi connectivity index (χ0) is 20.5. The summed E-state index contributed by atoms with van der Waals surface area (Å²) >= 11 is 0. The Bertz CT molecular complexity index is 813. The number of nitrogens with zero attached hydrogens (tertiary/aromatic N) is 5. The van der Waals surface area contributed by atoms with E-state index in [2.05, 4.69) is 26.2 Å². The zero-order valence-electron chi connectivity index (χ0n) is 17.4. The van der Waals surface area contributed by atoms with E-state index in [1.54, 1.807) is 0 Å². The first-order valence-corrected chi connectivity index (χ1v) is 10.6. The molecule has 6 heteroatoms. The molecule has 1 amide bonds. The third-order valence-corrected chi connectivity index (χ3v) is 5.57. The Morgan fingerprint density at radius 3 is 2.52 bits per heavy atom. The maximum Gasteiger partial charge on any atom is 0.222 e. The summed E-state index contributed by atoms with van der Waals surface area (Å²) in [5.41, 5.74) is 3.01. The van der Waals surface area contributed by atoms with E-state index >= 15 is 0 Å². The van der Waals surface area contributed by atoms with E-state index in [1.165, 1.54) is 18.5 Å². The van der Waals surface area contributed by atoms with Crippen molar-refractivity contribution in [2.24, 2.45) is 0 Å². The number of hydrogen-bond acceptors (Lipinski definition) is 3. The fourth-order valence-electron chi connectivity index (χ4n) is 3.74. The quantitative estimate of drug-likeness (QED) is 0.476. The molecule has 1 aromatic carbocycles. The summed E-state index contributed by atoms with van der Waals surface area (Å²) in [4.78, 5) is 24.6. The molecular weight excluding hydrogens is 362 g/mol. The fraction of sp³-hybridized carbons (Fsp3) is 0.522. The van der Waals surface area contributed by atoms with Gasteiger partial charge in [0.1, 0.15) is 0 Å². The molecule has 1 fully saturated rings. The Morgan fingerprint density at radius 2 is 1.83 bits per heavy atom. The molecule has 0 aliphatic carbocycles. The lowest BCUT2D eigenvalue weighted by Gasteiger charge is -2.34. The van der Waals surface area contributed by atoms with Gasteiger partial charge < -0.3 is 9.47 Å². The SMILES string of the molecule is [C-]#[N+]c1ccc(Cn2cncc2CN2CCN(C(=O)CCCCCC)CC2)cc1. The van der Waals surface area contributed by atoms with Crippen molar-refractivity contribution in [1.82, 2.24) is 19.4 Å². The van der Waals surface area contributed by atoms with Crippen LogP contribution < -0.4 is 0 Å². The Morgan fingerprint density at radius 1 is 1.07 bits per heavy atom. The molecule has 2 heterocycles. The highest BCUT2D eigenvalue weighted by Gasteiger charge is 2.21. The molecular formula is C23H31N5O. The number of benzene rings is 1. The van der Waals surface area contributed by atoms with Gasteiger partial charge in [0.05, 0.1) is 18.6 Å². The van der Waals surface area contributed by atoms with Crippen molar-refractivity contribution < 1.29 is 4.79 Å². The summed E-state index contributed by atoms with van der Waals surface area (Å²) in [6.07, 6.45) is 9.09. The maximum atomic E-state index is 12.4. The highest BCUT2D eigenvalue weighted by molar-refractivity contribution is 5.76. The molecule has 0 spiro atoms. The van der Waals surface area contributed by atoms with Crippen molar-refractivity contribution in [1.29, 1.82) is 0 Å². The first kappa shape index (κ1) is 21.1. The smallest absolute Gasteiger partial charge is 0.222 e. The molecule has 1 saturated heterocycles. The van der Waals surface area contributed by atoms with Crippen molar-refractivity contribution in [2.45, 2.75) is 52.1 Å². The number of carbonyl (C=O) groups is 1. The second-order valence-electron chi connectivity index (χ2n) is 7.76. The topological polar surface area (TPSA) is 45.7 Å². The van der Waals surface area contributed by atoms with Crippen LogP contribution in [0.5, 0.6) is 0 Å². The van der Waals surface area contributed by atoms with Crippen LogP contribution in [-0.2, 0) is 17.9 Å². The molecule has 0 radical (unpaired) electrons. The molecule has 0 atom stereocenters. The number of carbonyl (C=O) groups excluding carboxylic acids is 1. The minimum atomic E-state index is 0.314. The number of amides is 1. The largest absolute Gasteiger partial charge is 0.340 e. The fourth-order valence-corrected chi connectivity index (χ4v) is 3.74. The summed E-state index contributed by atoms with van der Waals surface area (Å²) in [5, 5.41) is 0. The molecule has 0 N–H and O–H groups in total. The minimum Gasteiger partial charge on any atom is -0.340 e. The van der Waals surface area contributed by atoms with Gasteiger partial charge in [-0.05, 0) is 12.0 Å². The zero-order valence-corrected chi connectivity index (χ0v) is 17.4. The van der Waals surface area contributed by atoms with E-state index in [1.807, 2.05) is 41.7 Å². The molecule has 0 saturated carbocycles. The van der Waals surface area contributed by atoms with Gasteiger partial charge in [0.15, 0.2) is 5.69 Å². The normalized spacial score (nSPS) is 14.7. The van der Waals surface area contributed by atoms with Crippen molar-refractivity contribution >= 4 is 11.6 Å². The van der Waals surface area contributed by atoms with Crippen LogP contribution in [0.3, 0.4) is 0 Å². The number of unbranched alkanes of at least 4 members (excludes halogenated alkanes) is 3. The maximum absolute atomic E-state index is 12.4. The standard InChI is InChI=1S/C23H31N5O/c1-3-4-5-6-7-23(29)27-14-12-26(13-15-27)18-22-16-25-19-28(22)17-20-8-10-21(24-2)11-9-20/h8-11,16,19H,3-7,12-15,17-18H2,1H3. The highest BCUT2D eigenvalue weighted by Crippen LogP contribution is 2.16. The molecule has 1 aromatic heterocycles. The average Bonchev–Trinajstić information content (AvgIpc) is 3.18. The average molecular weight is 394 g/mol. The van der Waals surface area contributed by atoms with Gasteiger partial charge >= 0.3 is 0 Å². The van der Waals surface area contributed by atoms with E-state index in [9.17, 15) is 4.79 Å². The van der Waals surface area contributed by atoms with Crippen LogP contribution in [0, 0.1) is 6.57 Å². The van der Waals surface area contributed by atoms with Crippen LogP contribution in [-0.4, -0.2) is 51.4 Å². The minimum absolute atomic E-state index is 0.314. The molecule has 29 heavy (non-hydrogen) atoms. The second-order valence-corrected chi connectivity index (χ2v) is 7.76. The lowest BCUT2D eigenvalue weighted by atomic mass is 10.1. The second kappa shape index (κ2) is 10.8. The lowest BCUT2D eigenvalue weighted by Crippen LogP contribution is -2.48. The van der Waals surface area contributed by atoms with Gasteiger partial charge in [0, 0.05) is 51.9 Å². The molecule has 6 nitrogen and oxygen atoms in total. The van der Waals surface area contributed by atoms with E-state index in [0.717, 1.165) is 57.7 Å². The van der Waals surface area contributed by atoms with E-state index < -0.39 is 0 Å². The first-order chi connectivity index (χ1) is 14.2. The van der Waals surface area contributed by atoms with Crippen LogP contribution in [0.15, 0.2) is 36.8 Å². The molecule has 3 rings (SSSR count). The summed E-state index contributed by atoms with van der Waals surface area (Å²) in [6.45, 7) is 14.3. The number of rotatable bonds is 9. The Labute approximate surface area is 174 Å². The van der Waals surface area contributed by atoms with Gasteiger partial charge in [0.2, 0.25) is 5.91 Å². The number of hydrogen-bond donors (Lipinski definition) is 0. The summed E-state index contributed by atoms with van der Waals surface area (Å²) in [7, 11) is 0. The molecule has 2 aromatic rings. The summed E-state index contributed by atoms with van der Waals surface area (Å²) in [6, 6.07) is 7.72. The van der Waals surface area contributed by atoms with E-state index in [4.69, 9.17) is 6.57 Å². The number of piperazine rings is 1. The van der Waals surface area contributed by atoms with Crippen LogP contribution in [0.25, 0.3) is 4.85 Å². The Balaban J connectivity index is 1.47. The van der Waals surface area contributed by atoms with Crippen LogP contribution in [0.2, 0.25) is 0 Å². The van der Waals surface area contributed by atoms with Crippen molar-refractivity contribution in [3.05, 3.63) is 59.5 Å². The van der Waals surface area contributed by atoms with Crippen LogP contribution in [0.1, 0.15) is 50.3 Å². The summed E-state index contributed by atoms with van der Waals surface area (Å²) < 4.78 is 2.16. The van der Waals surface area contributed by atoms with Gasteiger partial charge in [-0.2, -0.15) is 0 Å². The molecule has 0 bridgehead atoms. The van der Waals surface area contributed by atoms with Crippen molar-refractivity contribution in [3.63, 3.8) is 0 Å². The third-order valence-electron chi connectivity index (χ3n) is 5.57. The predicted molar refractivity (Wildman–Crippen MR) is 115 cm³/mol. The van der Waals surface area contributed by atoms with Gasteiger partial charge in [-0.15, -0.1) is 0 Å². The van der Waals surface area contributed by atoms with Crippen molar-refractivity contribution in [3.8, 4) is 0 Å². The lowest BCUT2D eigenvalue weighted by molar-refractivity contribution is -0.133. The predicted octanol–water partition coefficient (Wildman–Crippen LogP) is 4.10. The highest BCUT2D eigenvalue weighted by atomic mass is 16.2. The first-order valence-electron chi connectivity index (χ1n) is 10.6. The monoisotopic (exact) mass is 393 g/mol. The van der Waals surface area contributed by atoms with Crippen LogP contribution >= 0.6 is 0 Å². The number of aromatic nitrogens is 2. The van der Waals surface area contributed by atoms with Gasteiger partial charge in [-0.25, -0.2) is 9.83 Å². The summed E-state index contributed by atoms with van der Waals surface area (Å²) in [5.74, 6) is 0.314. The van der Waals surface area contributed by atoms with Gasteiger partial charge in [-0.3, -0.25) is 9.69 Å². The molecule has 1 aliphatic heterocycles. The molecule has 0 unspecified atom stereocenters. The number of imidazole rings is 1. The van der Waals surface area contributed by atoms with Gasteiger partial charge in [-0.1, -0.05) is 50.5 Å². The molecule has 154 valence electrons. The van der Waals surface area contributed by atoms with Gasteiger partial charge in [0.25, 0.3) is 0 Å². The molecule has 1 aliphatic rings. The Hall–Kier alpha value is -2.65. The Kier molecular flexibility index (Phi) is 7.83. The van der Waals surface area contributed by atoms with Crippen molar-refractivity contribution in [2.75, 3.05) is 26.2 Å². The van der Waals surface area contributed by atoms with E-state index in [0.29, 0.717) is 18.0 Å². The van der Waals surface area contributed by atoms with E-state index in [-0.39, 0.29) is 0 Å². The third kappa shape index (κ3) is 6.16. The van der Waals surface area contributed by atoms with Crippen LogP contribution in [0.4, 0.5) is 5.69 Å².